The Morgan fingerprint density at radius 2 is 1.73 bits per heavy atom. The smallest absolute Gasteiger partial charge is 0.339 e. The molecule has 0 bridgehead atoms. The number of Topliss-reactive ketones (excluding diaryl/α,β-unsaturated/α-hetero) is 1. The van der Waals surface area contributed by atoms with Crippen LogP contribution in [0, 0.1) is 10.1 Å². The van der Waals surface area contributed by atoms with E-state index in [1.807, 2.05) is 11.8 Å². The van der Waals surface area contributed by atoms with Crippen LogP contribution >= 0.6 is 0 Å². The molecule has 1 saturated heterocycles. The second kappa shape index (κ2) is 9.39. The lowest BCUT2D eigenvalue weighted by Crippen LogP contribution is -2.24. The fourth-order valence-electron chi connectivity index (χ4n) is 3.42. The Balaban J connectivity index is 1.72. The Hall–Kier alpha value is -3.42. The number of hydrogen-bond donors (Lipinski definition) is 0. The largest absolute Gasteiger partial charge is 0.494 e. The Morgan fingerprint density at radius 3 is 2.33 bits per heavy atom. The summed E-state index contributed by atoms with van der Waals surface area (Å²) in [7, 11) is 0. The first-order chi connectivity index (χ1) is 14.4. The van der Waals surface area contributed by atoms with E-state index in [0.29, 0.717) is 23.6 Å². The van der Waals surface area contributed by atoms with Gasteiger partial charge in [-0.3, -0.25) is 14.9 Å². The lowest BCUT2D eigenvalue weighted by Gasteiger charge is -2.18. The molecule has 0 radical (unpaired) electrons. The topological polar surface area (TPSA) is 99.0 Å². The van der Waals surface area contributed by atoms with Crippen LogP contribution in [0.2, 0.25) is 0 Å². The molecule has 0 aromatic heterocycles. The van der Waals surface area contributed by atoms with Crippen LogP contribution in [0.15, 0.2) is 42.5 Å². The van der Waals surface area contributed by atoms with Crippen LogP contribution in [0.3, 0.4) is 0 Å². The van der Waals surface area contributed by atoms with Gasteiger partial charge in [0.15, 0.2) is 6.10 Å². The molecule has 1 fully saturated rings. The van der Waals surface area contributed by atoms with Gasteiger partial charge < -0.3 is 14.4 Å². The number of carbonyl (C=O) groups is 2. The van der Waals surface area contributed by atoms with E-state index >= 15 is 0 Å². The van der Waals surface area contributed by atoms with Crippen molar-refractivity contribution in [2.75, 3.05) is 24.6 Å². The molecule has 158 valence electrons. The van der Waals surface area contributed by atoms with Crippen molar-refractivity contribution in [1.29, 1.82) is 0 Å². The lowest BCUT2D eigenvalue weighted by atomic mass is 10.1. The Bertz CT molecular complexity index is 935. The third-order valence-corrected chi connectivity index (χ3v) is 4.96. The quantitative estimate of drug-likeness (QED) is 0.279. The minimum absolute atomic E-state index is 0.0380. The summed E-state index contributed by atoms with van der Waals surface area (Å²) in [4.78, 5) is 38.0. The summed E-state index contributed by atoms with van der Waals surface area (Å²) >= 11 is 0. The maximum absolute atomic E-state index is 12.6. The summed E-state index contributed by atoms with van der Waals surface area (Å²) in [5.74, 6) is -0.503. The molecule has 0 saturated carbocycles. The molecule has 1 heterocycles. The first kappa shape index (κ1) is 21.3. The zero-order chi connectivity index (χ0) is 21.7. The molecule has 0 aliphatic carbocycles. The fourth-order valence-corrected chi connectivity index (χ4v) is 3.42. The van der Waals surface area contributed by atoms with Crippen molar-refractivity contribution in [3.05, 3.63) is 63.7 Å². The molecule has 2 aromatic carbocycles. The number of esters is 1. The number of ketones is 1. The van der Waals surface area contributed by atoms with Crippen molar-refractivity contribution in [1.82, 2.24) is 0 Å². The molecule has 8 heteroatoms. The third kappa shape index (κ3) is 4.76. The minimum Gasteiger partial charge on any atom is -0.494 e. The molecule has 0 unspecified atom stereocenters. The van der Waals surface area contributed by atoms with Crippen LogP contribution in [-0.4, -0.2) is 42.5 Å². The maximum atomic E-state index is 12.6. The first-order valence-corrected chi connectivity index (χ1v) is 9.92. The van der Waals surface area contributed by atoms with Crippen molar-refractivity contribution in [3.63, 3.8) is 0 Å². The van der Waals surface area contributed by atoms with Gasteiger partial charge >= 0.3 is 5.97 Å². The fraction of sp³-hybridized carbons (Fsp3) is 0.364. The number of carbonyl (C=O) groups excluding carboxylic acids is 2. The second-order valence-corrected chi connectivity index (χ2v) is 7.02. The molecule has 2 aromatic rings. The van der Waals surface area contributed by atoms with Crippen LogP contribution in [0.5, 0.6) is 5.75 Å². The second-order valence-electron chi connectivity index (χ2n) is 7.02. The third-order valence-electron chi connectivity index (χ3n) is 4.96. The Labute approximate surface area is 174 Å². The first-order valence-electron chi connectivity index (χ1n) is 9.92. The molecule has 8 nitrogen and oxygen atoms in total. The number of nitro groups is 1. The van der Waals surface area contributed by atoms with Crippen molar-refractivity contribution < 1.29 is 24.0 Å². The van der Waals surface area contributed by atoms with Crippen LogP contribution in [0.25, 0.3) is 0 Å². The van der Waals surface area contributed by atoms with Gasteiger partial charge in [-0.05, 0) is 63.1 Å². The highest BCUT2D eigenvalue weighted by Gasteiger charge is 2.26. The Morgan fingerprint density at radius 1 is 1.10 bits per heavy atom. The van der Waals surface area contributed by atoms with E-state index in [-0.39, 0.29) is 17.0 Å². The van der Waals surface area contributed by atoms with Gasteiger partial charge in [-0.15, -0.1) is 0 Å². The Kier molecular flexibility index (Phi) is 6.66. The summed E-state index contributed by atoms with van der Waals surface area (Å²) in [6.45, 7) is 5.35. The lowest BCUT2D eigenvalue weighted by molar-refractivity contribution is -0.384. The summed E-state index contributed by atoms with van der Waals surface area (Å²) in [5.41, 5.74) is 0.773. The van der Waals surface area contributed by atoms with Gasteiger partial charge in [0.2, 0.25) is 5.78 Å². The summed E-state index contributed by atoms with van der Waals surface area (Å²) in [5, 5.41) is 11.5. The van der Waals surface area contributed by atoms with Gasteiger partial charge in [0.25, 0.3) is 5.69 Å². The monoisotopic (exact) mass is 412 g/mol. The van der Waals surface area contributed by atoms with Gasteiger partial charge in [-0.2, -0.15) is 0 Å². The minimum atomic E-state index is -1.03. The maximum Gasteiger partial charge on any atom is 0.339 e. The molecule has 3 rings (SSSR count). The summed E-state index contributed by atoms with van der Waals surface area (Å²) in [6.07, 6.45) is 0.922. The van der Waals surface area contributed by atoms with Crippen molar-refractivity contribution in [3.8, 4) is 5.75 Å². The van der Waals surface area contributed by atoms with E-state index in [2.05, 4.69) is 0 Å². The number of hydrogen-bond acceptors (Lipinski definition) is 7. The average molecular weight is 412 g/mol. The van der Waals surface area contributed by atoms with E-state index in [1.54, 1.807) is 30.3 Å². The molecule has 1 aliphatic rings. The molecule has 0 N–H and O–H groups in total. The predicted octanol–water partition coefficient (Wildman–Crippen LogP) is 4.02. The standard InChI is InChI=1S/C22H24N2O6/c1-3-29-18-9-6-16(7-10-18)21(25)15(2)30-22(26)17-8-11-19(20(14-17)24(27)28)23-12-4-5-13-23/h6-11,14-15H,3-5,12-13H2,1-2H3/t15-/m1/s1. The predicted molar refractivity (Wildman–Crippen MR) is 111 cm³/mol. The van der Waals surface area contributed by atoms with Gasteiger partial charge in [-0.1, -0.05) is 0 Å². The number of rotatable bonds is 8. The van der Waals surface area contributed by atoms with Gasteiger partial charge in [-0.25, -0.2) is 4.79 Å². The molecule has 1 atom stereocenters. The highest BCUT2D eigenvalue weighted by molar-refractivity contribution is 6.01. The number of ether oxygens (including phenoxy) is 2. The van der Waals surface area contributed by atoms with E-state index in [4.69, 9.17) is 9.47 Å². The van der Waals surface area contributed by atoms with E-state index in [0.717, 1.165) is 25.9 Å². The van der Waals surface area contributed by atoms with E-state index in [1.165, 1.54) is 19.1 Å². The van der Waals surface area contributed by atoms with Gasteiger partial charge in [0, 0.05) is 24.7 Å². The van der Waals surface area contributed by atoms with Crippen molar-refractivity contribution in [2.24, 2.45) is 0 Å². The summed E-state index contributed by atoms with van der Waals surface area (Å²) < 4.78 is 10.6. The van der Waals surface area contributed by atoms with E-state index < -0.39 is 17.0 Å². The highest BCUT2D eigenvalue weighted by Crippen LogP contribution is 2.32. The van der Waals surface area contributed by atoms with Crippen LogP contribution in [-0.2, 0) is 4.74 Å². The van der Waals surface area contributed by atoms with Gasteiger partial charge in [0.1, 0.15) is 11.4 Å². The number of anilines is 1. The average Bonchev–Trinajstić information content (AvgIpc) is 3.28. The highest BCUT2D eigenvalue weighted by atomic mass is 16.6. The molecule has 30 heavy (non-hydrogen) atoms. The number of nitro benzene ring substituents is 1. The zero-order valence-corrected chi connectivity index (χ0v) is 17.0. The van der Waals surface area contributed by atoms with Crippen LogP contribution in [0.1, 0.15) is 47.4 Å². The van der Waals surface area contributed by atoms with Crippen molar-refractivity contribution in [2.45, 2.75) is 32.8 Å². The molecule has 0 spiro atoms. The normalized spacial score (nSPS) is 14.3. The van der Waals surface area contributed by atoms with Gasteiger partial charge in [0.05, 0.1) is 17.1 Å². The van der Waals surface area contributed by atoms with Crippen LogP contribution < -0.4 is 9.64 Å². The van der Waals surface area contributed by atoms with Crippen LogP contribution in [0.4, 0.5) is 11.4 Å². The molecular weight excluding hydrogens is 388 g/mol. The molecular formula is C22H24N2O6. The summed E-state index contributed by atoms with van der Waals surface area (Å²) in [6, 6.07) is 10.8. The number of benzene rings is 2. The van der Waals surface area contributed by atoms with E-state index in [9.17, 15) is 19.7 Å². The zero-order valence-electron chi connectivity index (χ0n) is 17.0. The molecule has 1 aliphatic heterocycles. The van der Waals surface area contributed by atoms with Crippen molar-refractivity contribution >= 4 is 23.1 Å². The SMILES string of the molecule is CCOc1ccc(C(=O)[C@@H](C)OC(=O)c2ccc(N3CCCC3)c([N+](=O)[O-])c2)cc1. The number of nitrogens with zero attached hydrogens (tertiary/aromatic N) is 2. The molecule has 0 amide bonds.